The van der Waals surface area contributed by atoms with Gasteiger partial charge in [0.1, 0.15) is 0 Å². The average Bonchev–Trinajstić information content (AvgIpc) is 2.20. The molecule has 16 heavy (non-hydrogen) atoms. The molecule has 0 spiro atoms. The van der Waals surface area contributed by atoms with Crippen molar-refractivity contribution in [3.8, 4) is 0 Å². The lowest BCUT2D eigenvalue weighted by Gasteiger charge is -2.39. The van der Waals surface area contributed by atoms with Crippen LogP contribution >= 0.6 is 0 Å². The van der Waals surface area contributed by atoms with Crippen LogP contribution in [0.3, 0.4) is 0 Å². The summed E-state index contributed by atoms with van der Waals surface area (Å²) in [5.41, 5.74) is 6.31. The minimum absolute atomic E-state index is 0.484. The van der Waals surface area contributed by atoms with Gasteiger partial charge in [-0.15, -0.1) is 0 Å². The molecule has 1 fully saturated rings. The van der Waals surface area contributed by atoms with E-state index >= 15 is 0 Å². The third kappa shape index (κ3) is 3.74. The normalized spacial score (nSPS) is 27.0. The van der Waals surface area contributed by atoms with Gasteiger partial charge >= 0.3 is 0 Å². The third-order valence-electron chi connectivity index (χ3n) is 4.41. The molecule has 0 heterocycles. The Balaban J connectivity index is 2.40. The van der Waals surface area contributed by atoms with Crippen LogP contribution in [0.1, 0.15) is 53.4 Å². The molecule has 1 rings (SSSR count). The van der Waals surface area contributed by atoms with Crippen LogP contribution in [0, 0.1) is 17.3 Å². The maximum atomic E-state index is 5.79. The summed E-state index contributed by atoms with van der Waals surface area (Å²) in [6.07, 6.45) is 5.59. The first-order valence-electron chi connectivity index (χ1n) is 6.91. The molecule has 1 aliphatic rings. The smallest absolute Gasteiger partial charge is 0.0213 e. The highest BCUT2D eigenvalue weighted by Gasteiger charge is 2.32. The first-order chi connectivity index (χ1) is 7.47. The van der Waals surface area contributed by atoms with Gasteiger partial charge in [0.15, 0.2) is 0 Å². The molecule has 0 aromatic rings. The Hall–Kier alpha value is -0.0800. The Labute approximate surface area is 101 Å². The highest BCUT2D eigenvalue weighted by Crippen LogP contribution is 2.40. The van der Waals surface area contributed by atoms with Gasteiger partial charge in [-0.25, -0.2) is 0 Å². The van der Waals surface area contributed by atoms with Crippen LogP contribution in [0.25, 0.3) is 0 Å². The minimum atomic E-state index is 0.484. The summed E-state index contributed by atoms with van der Waals surface area (Å²) in [5, 5.41) is 3.67. The van der Waals surface area contributed by atoms with Crippen LogP contribution in [0.5, 0.6) is 0 Å². The SMILES string of the molecule is CC(C)C(CN)NCC1CCCCC1(C)C. The number of hydrogen-bond donors (Lipinski definition) is 2. The molecule has 1 aliphatic carbocycles. The Morgan fingerprint density at radius 1 is 1.31 bits per heavy atom. The Morgan fingerprint density at radius 2 is 2.00 bits per heavy atom. The lowest BCUT2D eigenvalue weighted by molar-refractivity contribution is 0.130. The van der Waals surface area contributed by atoms with E-state index in [0.717, 1.165) is 19.0 Å². The van der Waals surface area contributed by atoms with Gasteiger partial charge in [0.2, 0.25) is 0 Å². The second kappa shape index (κ2) is 6.02. The zero-order valence-electron chi connectivity index (χ0n) is 11.6. The van der Waals surface area contributed by atoms with Crippen molar-refractivity contribution < 1.29 is 0 Å². The minimum Gasteiger partial charge on any atom is -0.329 e. The zero-order chi connectivity index (χ0) is 12.2. The van der Waals surface area contributed by atoms with E-state index in [4.69, 9.17) is 5.73 Å². The highest BCUT2D eigenvalue weighted by molar-refractivity contribution is 4.85. The fourth-order valence-electron chi connectivity index (χ4n) is 2.83. The molecule has 2 unspecified atom stereocenters. The van der Waals surface area contributed by atoms with Crippen molar-refractivity contribution in [3.05, 3.63) is 0 Å². The van der Waals surface area contributed by atoms with Crippen molar-refractivity contribution >= 4 is 0 Å². The van der Waals surface area contributed by atoms with Crippen LogP contribution in [-0.4, -0.2) is 19.1 Å². The predicted molar refractivity (Wildman–Crippen MR) is 71.4 cm³/mol. The Morgan fingerprint density at radius 3 is 2.50 bits per heavy atom. The molecule has 1 saturated carbocycles. The number of hydrogen-bond acceptors (Lipinski definition) is 2. The maximum absolute atomic E-state index is 5.79. The molecule has 2 heteroatoms. The van der Waals surface area contributed by atoms with Crippen molar-refractivity contribution in [1.29, 1.82) is 0 Å². The fraction of sp³-hybridized carbons (Fsp3) is 1.00. The average molecular weight is 226 g/mol. The molecule has 0 radical (unpaired) electrons. The first-order valence-corrected chi connectivity index (χ1v) is 6.91. The molecule has 0 bridgehead atoms. The van der Waals surface area contributed by atoms with E-state index in [9.17, 15) is 0 Å². The van der Waals surface area contributed by atoms with Crippen LogP contribution in [0.2, 0.25) is 0 Å². The van der Waals surface area contributed by atoms with E-state index in [1.807, 2.05) is 0 Å². The third-order valence-corrected chi connectivity index (χ3v) is 4.41. The standard InChI is InChI=1S/C14H30N2/c1-11(2)13(9-15)16-10-12-7-5-6-8-14(12,3)4/h11-13,16H,5-10,15H2,1-4H3. The molecule has 0 saturated heterocycles. The molecule has 2 atom stereocenters. The Kier molecular flexibility index (Phi) is 5.26. The van der Waals surface area contributed by atoms with Crippen molar-refractivity contribution in [1.82, 2.24) is 5.32 Å². The summed E-state index contributed by atoms with van der Waals surface area (Å²) >= 11 is 0. The summed E-state index contributed by atoms with van der Waals surface area (Å²) in [6.45, 7) is 11.2. The monoisotopic (exact) mass is 226 g/mol. The maximum Gasteiger partial charge on any atom is 0.0213 e. The molecule has 2 nitrogen and oxygen atoms in total. The van der Waals surface area contributed by atoms with Crippen molar-refractivity contribution in [2.75, 3.05) is 13.1 Å². The van der Waals surface area contributed by atoms with Crippen molar-refractivity contribution in [2.24, 2.45) is 23.0 Å². The van der Waals surface area contributed by atoms with Gasteiger partial charge in [0.05, 0.1) is 0 Å². The molecule has 3 N–H and O–H groups in total. The number of nitrogens with one attached hydrogen (secondary N) is 1. The quantitative estimate of drug-likeness (QED) is 0.756. The lowest BCUT2D eigenvalue weighted by atomic mass is 9.69. The van der Waals surface area contributed by atoms with Gasteiger partial charge in [0.25, 0.3) is 0 Å². The van der Waals surface area contributed by atoms with Crippen molar-refractivity contribution in [2.45, 2.75) is 59.4 Å². The van der Waals surface area contributed by atoms with E-state index in [1.165, 1.54) is 25.7 Å². The van der Waals surface area contributed by atoms with E-state index in [-0.39, 0.29) is 0 Å². The van der Waals surface area contributed by atoms with Gasteiger partial charge in [-0.2, -0.15) is 0 Å². The topological polar surface area (TPSA) is 38.0 Å². The molecular weight excluding hydrogens is 196 g/mol. The lowest BCUT2D eigenvalue weighted by Crippen LogP contribution is -2.45. The zero-order valence-corrected chi connectivity index (χ0v) is 11.6. The molecular formula is C14H30N2. The van der Waals surface area contributed by atoms with E-state index in [1.54, 1.807) is 0 Å². The van der Waals surface area contributed by atoms with E-state index in [2.05, 4.69) is 33.0 Å². The highest BCUT2D eigenvalue weighted by atomic mass is 14.9. The van der Waals surface area contributed by atoms with Crippen LogP contribution < -0.4 is 11.1 Å². The summed E-state index contributed by atoms with van der Waals surface area (Å²) < 4.78 is 0. The van der Waals surface area contributed by atoms with Crippen LogP contribution in [-0.2, 0) is 0 Å². The van der Waals surface area contributed by atoms with Crippen LogP contribution in [0.4, 0.5) is 0 Å². The number of nitrogens with two attached hydrogens (primary N) is 1. The predicted octanol–water partition coefficient (Wildman–Crippen LogP) is 2.78. The first kappa shape index (κ1) is 14.0. The van der Waals surface area contributed by atoms with Crippen LogP contribution in [0.15, 0.2) is 0 Å². The van der Waals surface area contributed by atoms with Gasteiger partial charge < -0.3 is 11.1 Å². The van der Waals surface area contributed by atoms with Gasteiger partial charge in [0, 0.05) is 12.6 Å². The molecule has 0 aromatic carbocycles. The molecule has 0 amide bonds. The van der Waals surface area contributed by atoms with Gasteiger partial charge in [-0.1, -0.05) is 40.5 Å². The summed E-state index contributed by atoms with van der Waals surface area (Å²) in [7, 11) is 0. The fourth-order valence-corrected chi connectivity index (χ4v) is 2.83. The molecule has 0 aliphatic heterocycles. The van der Waals surface area contributed by atoms with Gasteiger partial charge in [-0.3, -0.25) is 0 Å². The second-order valence-corrected chi connectivity index (χ2v) is 6.43. The summed E-state index contributed by atoms with van der Waals surface area (Å²) in [5.74, 6) is 1.46. The summed E-state index contributed by atoms with van der Waals surface area (Å²) in [6, 6.07) is 0.484. The van der Waals surface area contributed by atoms with E-state index in [0.29, 0.717) is 17.4 Å². The van der Waals surface area contributed by atoms with Crippen molar-refractivity contribution in [3.63, 3.8) is 0 Å². The largest absolute Gasteiger partial charge is 0.329 e. The second-order valence-electron chi connectivity index (χ2n) is 6.43. The molecule has 96 valence electrons. The Bertz CT molecular complexity index is 199. The van der Waals surface area contributed by atoms with E-state index < -0.39 is 0 Å². The van der Waals surface area contributed by atoms with Gasteiger partial charge in [-0.05, 0) is 36.6 Å². The summed E-state index contributed by atoms with van der Waals surface area (Å²) in [4.78, 5) is 0. The number of rotatable bonds is 5. The molecule has 0 aromatic heterocycles.